The van der Waals surface area contributed by atoms with Gasteiger partial charge < -0.3 is 0 Å². The molecule has 2 rings (SSSR count). The normalized spacial score (nSPS) is 9.25. The molecule has 0 saturated heterocycles. The summed E-state index contributed by atoms with van der Waals surface area (Å²) in [5.41, 5.74) is 2.68. The van der Waals surface area contributed by atoms with E-state index >= 15 is 0 Å². The Morgan fingerprint density at radius 1 is 0.750 bits per heavy atom. The molecule has 84 valence electrons. The van der Waals surface area contributed by atoms with E-state index in [2.05, 4.69) is 108 Å². The topological polar surface area (TPSA) is 0 Å². The fourth-order valence-electron chi connectivity index (χ4n) is 1.08. The van der Waals surface area contributed by atoms with E-state index in [1.54, 1.807) is 0 Å². The van der Waals surface area contributed by atoms with E-state index in [4.69, 9.17) is 0 Å². The zero-order valence-electron chi connectivity index (χ0n) is 9.37. The van der Waals surface area contributed by atoms with Crippen LogP contribution in [0, 0.1) is 21.0 Å². The molecule has 0 atom stereocenters. The van der Waals surface area contributed by atoms with Gasteiger partial charge in [-0.1, -0.05) is 35.9 Å². The van der Waals surface area contributed by atoms with Gasteiger partial charge in [-0.2, -0.15) is 0 Å². The predicted octanol–water partition coefficient (Wildman–Crippen LogP) is 5.20. The Labute approximate surface area is 125 Å². The van der Waals surface area contributed by atoms with Crippen LogP contribution < -0.4 is 0 Å². The minimum absolute atomic E-state index is 1.30. The van der Waals surface area contributed by atoms with E-state index in [9.17, 15) is 0 Å². The van der Waals surface area contributed by atoms with Gasteiger partial charge in [0.1, 0.15) is 0 Å². The van der Waals surface area contributed by atoms with E-state index in [0.29, 0.717) is 0 Å². The highest BCUT2D eigenvalue weighted by Gasteiger charge is 1.86. The standard InChI is InChI=1S/2C7H7I/c1-6-2-4-7(8)5-3-6;1-6-4-2-3-5-7(6)8/h2*2-5H,1H3. The molecule has 0 aliphatic carbocycles. The Kier molecular flexibility index (Phi) is 6.34. The summed E-state index contributed by atoms with van der Waals surface area (Å²) in [6, 6.07) is 16.8. The molecule has 0 fully saturated rings. The van der Waals surface area contributed by atoms with Crippen molar-refractivity contribution in [3.05, 3.63) is 66.8 Å². The van der Waals surface area contributed by atoms with Crippen molar-refractivity contribution in [1.29, 1.82) is 0 Å². The molecular formula is C14H14I2. The van der Waals surface area contributed by atoms with Crippen molar-refractivity contribution in [2.24, 2.45) is 0 Å². The molecule has 0 nitrogen and oxygen atoms in total. The molecule has 2 aromatic carbocycles. The summed E-state index contributed by atoms with van der Waals surface area (Å²) < 4.78 is 2.64. The van der Waals surface area contributed by atoms with Crippen molar-refractivity contribution in [3.8, 4) is 0 Å². The average Bonchev–Trinajstić information content (AvgIpc) is 2.28. The first kappa shape index (κ1) is 14.0. The van der Waals surface area contributed by atoms with Gasteiger partial charge in [-0.15, -0.1) is 0 Å². The van der Waals surface area contributed by atoms with Gasteiger partial charge in [0.25, 0.3) is 0 Å². The molecule has 0 saturated carbocycles. The summed E-state index contributed by atoms with van der Waals surface area (Å²) >= 11 is 4.62. The third kappa shape index (κ3) is 5.30. The van der Waals surface area contributed by atoms with Gasteiger partial charge in [-0.05, 0) is 82.8 Å². The molecule has 0 aliphatic rings. The van der Waals surface area contributed by atoms with Crippen LogP contribution in [0.2, 0.25) is 0 Å². The van der Waals surface area contributed by atoms with Gasteiger partial charge in [-0.25, -0.2) is 0 Å². The molecule has 0 spiro atoms. The van der Waals surface area contributed by atoms with Gasteiger partial charge in [-0.3, -0.25) is 0 Å². The van der Waals surface area contributed by atoms with Crippen molar-refractivity contribution in [2.45, 2.75) is 13.8 Å². The Hall–Kier alpha value is -0.100. The van der Waals surface area contributed by atoms with Crippen molar-refractivity contribution in [1.82, 2.24) is 0 Å². The first-order valence-electron chi connectivity index (χ1n) is 5.03. The lowest BCUT2D eigenvalue weighted by Gasteiger charge is -1.91. The summed E-state index contributed by atoms with van der Waals surface area (Å²) in [5, 5.41) is 0. The molecule has 0 aliphatic heterocycles. The van der Waals surface area contributed by atoms with Crippen molar-refractivity contribution in [2.75, 3.05) is 0 Å². The number of halogens is 2. The minimum atomic E-state index is 1.30. The SMILES string of the molecule is Cc1ccc(I)cc1.Cc1ccccc1I. The van der Waals surface area contributed by atoms with Crippen LogP contribution >= 0.6 is 45.2 Å². The van der Waals surface area contributed by atoms with Gasteiger partial charge in [0.05, 0.1) is 0 Å². The fraction of sp³-hybridized carbons (Fsp3) is 0.143. The predicted molar refractivity (Wildman–Crippen MR) is 87.8 cm³/mol. The van der Waals surface area contributed by atoms with Gasteiger partial charge in [0.15, 0.2) is 0 Å². The number of hydrogen-bond donors (Lipinski definition) is 0. The van der Waals surface area contributed by atoms with Crippen molar-refractivity contribution >= 4 is 45.2 Å². The number of benzene rings is 2. The Morgan fingerprint density at radius 2 is 1.31 bits per heavy atom. The summed E-state index contributed by atoms with van der Waals surface area (Å²) in [6.07, 6.45) is 0. The Morgan fingerprint density at radius 3 is 1.69 bits per heavy atom. The van der Waals surface area contributed by atoms with Gasteiger partial charge in [0.2, 0.25) is 0 Å². The molecule has 0 heterocycles. The van der Waals surface area contributed by atoms with Crippen LogP contribution in [0.3, 0.4) is 0 Å². The Bertz CT molecular complexity index is 391. The first-order chi connectivity index (χ1) is 7.59. The first-order valence-corrected chi connectivity index (χ1v) is 7.18. The van der Waals surface area contributed by atoms with Crippen molar-refractivity contribution < 1.29 is 0 Å². The molecule has 2 aromatic rings. The zero-order chi connectivity index (χ0) is 12.0. The molecule has 16 heavy (non-hydrogen) atoms. The molecule has 0 N–H and O–H groups in total. The largest absolute Gasteiger partial charge is 0.0619 e. The lowest BCUT2D eigenvalue weighted by molar-refractivity contribution is 1.43. The van der Waals surface area contributed by atoms with Gasteiger partial charge in [0, 0.05) is 7.14 Å². The van der Waals surface area contributed by atoms with Crippen molar-refractivity contribution in [3.63, 3.8) is 0 Å². The third-order valence-corrected chi connectivity index (χ3v) is 4.02. The Balaban J connectivity index is 0.000000160. The number of rotatable bonds is 0. The average molecular weight is 436 g/mol. The molecular weight excluding hydrogens is 422 g/mol. The summed E-state index contributed by atoms with van der Waals surface area (Å²) in [7, 11) is 0. The maximum Gasteiger partial charge on any atom is 0.0159 e. The smallest absolute Gasteiger partial charge is 0.0159 e. The summed E-state index contributed by atoms with van der Waals surface area (Å²) in [4.78, 5) is 0. The maximum absolute atomic E-state index is 2.32. The van der Waals surface area contributed by atoms with Crippen LogP contribution in [0.4, 0.5) is 0 Å². The second-order valence-electron chi connectivity index (χ2n) is 3.54. The molecule has 0 radical (unpaired) electrons. The van der Waals surface area contributed by atoms with Crippen LogP contribution in [-0.2, 0) is 0 Å². The second kappa shape index (κ2) is 7.27. The van der Waals surface area contributed by atoms with Crippen LogP contribution in [-0.4, -0.2) is 0 Å². The molecule has 2 heteroatoms. The van der Waals surface area contributed by atoms with Crippen LogP contribution in [0.25, 0.3) is 0 Å². The summed E-state index contributed by atoms with van der Waals surface area (Å²) in [5.74, 6) is 0. The lowest BCUT2D eigenvalue weighted by atomic mass is 10.2. The van der Waals surface area contributed by atoms with E-state index in [-0.39, 0.29) is 0 Å². The van der Waals surface area contributed by atoms with Gasteiger partial charge >= 0.3 is 0 Å². The number of hydrogen-bond acceptors (Lipinski definition) is 0. The maximum atomic E-state index is 2.32. The van der Waals surface area contributed by atoms with E-state index in [0.717, 1.165) is 0 Å². The fourth-order valence-corrected chi connectivity index (χ4v) is 1.83. The molecule has 0 aromatic heterocycles. The zero-order valence-corrected chi connectivity index (χ0v) is 13.7. The molecule has 0 bridgehead atoms. The summed E-state index contributed by atoms with van der Waals surface area (Å²) in [6.45, 7) is 4.21. The van der Waals surface area contributed by atoms with Crippen LogP contribution in [0.5, 0.6) is 0 Å². The lowest BCUT2D eigenvalue weighted by Crippen LogP contribution is -1.74. The van der Waals surface area contributed by atoms with Crippen LogP contribution in [0.15, 0.2) is 48.5 Å². The van der Waals surface area contributed by atoms with E-state index in [1.165, 1.54) is 18.3 Å². The number of aryl methyl sites for hydroxylation is 2. The molecule has 0 amide bonds. The van der Waals surface area contributed by atoms with E-state index < -0.39 is 0 Å². The highest BCUT2D eigenvalue weighted by atomic mass is 127. The third-order valence-electron chi connectivity index (χ3n) is 2.09. The molecule has 0 unspecified atom stereocenters. The van der Waals surface area contributed by atoms with E-state index in [1.807, 2.05) is 0 Å². The highest BCUT2D eigenvalue weighted by molar-refractivity contribution is 14.1. The second-order valence-corrected chi connectivity index (χ2v) is 5.95. The minimum Gasteiger partial charge on any atom is -0.0619 e. The monoisotopic (exact) mass is 436 g/mol. The van der Waals surface area contributed by atoms with Crippen LogP contribution in [0.1, 0.15) is 11.1 Å². The highest BCUT2D eigenvalue weighted by Crippen LogP contribution is 2.08. The quantitative estimate of drug-likeness (QED) is 0.499.